The van der Waals surface area contributed by atoms with E-state index in [1.54, 1.807) is 18.2 Å². The Hall–Kier alpha value is -2.21. The lowest BCUT2D eigenvalue weighted by Crippen LogP contribution is -2.11. The van der Waals surface area contributed by atoms with Gasteiger partial charge in [0.1, 0.15) is 0 Å². The molecule has 23 heavy (non-hydrogen) atoms. The van der Waals surface area contributed by atoms with Crippen LogP contribution in [0.2, 0.25) is 5.02 Å². The molecule has 0 saturated heterocycles. The van der Waals surface area contributed by atoms with Crippen molar-refractivity contribution in [2.75, 3.05) is 0 Å². The lowest BCUT2D eigenvalue weighted by molar-refractivity contribution is 0.104. The van der Waals surface area contributed by atoms with Gasteiger partial charge in [0.05, 0.1) is 4.90 Å². The highest BCUT2D eigenvalue weighted by Gasteiger charge is 2.27. The molecule has 0 heterocycles. The summed E-state index contributed by atoms with van der Waals surface area (Å²) >= 11 is 6.22. The Labute approximate surface area is 137 Å². The molecule has 0 aromatic heterocycles. The van der Waals surface area contributed by atoms with E-state index < -0.39 is 10.1 Å². The standard InChI is InChI=1S/C17H9ClO4S/c18-15-7-6-11-10-5-4-9(23(20,21)22)8-14(10)17(19)13-3-1-2-12(15)16(11)13/h1-8H,(H,20,21,22). The van der Waals surface area contributed by atoms with Crippen molar-refractivity contribution in [3.05, 3.63) is 64.7 Å². The van der Waals surface area contributed by atoms with Crippen molar-refractivity contribution in [3.8, 4) is 11.1 Å². The highest BCUT2D eigenvalue weighted by Crippen LogP contribution is 2.42. The van der Waals surface area contributed by atoms with Gasteiger partial charge in [0.15, 0.2) is 5.78 Å². The molecule has 4 rings (SSSR count). The molecule has 0 amide bonds. The molecule has 1 aliphatic rings. The van der Waals surface area contributed by atoms with Crippen molar-refractivity contribution >= 4 is 38.3 Å². The SMILES string of the molecule is O=C1c2cc(S(=O)(=O)O)ccc2-c2ccc(Cl)c3cccc1c23. The molecule has 4 nitrogen and oxygen atoms in total. The zero-order valence-corrected chi connectivity index (χ0v) is 13.1. The van der Waals surface area contributed by atoms with Crippen molar-refractivity contribution in [3.63, 3.8) is 0 Å². The maximum Gasteiger partial charge on any atom is 0.294 e. The maximum absolute atomic E-state index is 12.8. The quantitative estimate of drug-likeness (QED) is 0.531. The number of ketones is 1. The molecule has 3 aromatic carbocycles. The lowest BCUT2D eigenvalue weighted by Gasteiger charge is -2.20. The molecule has 0 atom stereocenters. The summed E-state index contributed by atoms with van der Waals surface area (Å²) in [6, 6.07) is 12.9. The third-order valence-corrected chi connectivity index (χ3v) is 5.23. The predicted octanol–water partition coefficient (Wildman–Crippen LogP) is 3.95. The van der Waals surface area contributed by atoms with Gasteiger partial charge in [-0.15, -0.1) is 0 Å². The van der Waals surface area contributed by atoms with Crippen LogP contribution in [0, 0.1) is 0 Å². The number of halogens is 1. The van der Waals surface area contributed by atoms with E-state index in [1.165, 1.54) is 18.2 Å². The molecule has 0 bridgehead atoms. The van der Waals surface area contributed by atoms with Crippen molar-refractivity contribution in [2.24, 2.45) is 0 Å². The van der Waals surface area contributed by atoms with Crippen molar-refractivity contribution < 1.29 is 17.8 Å². The maximum atomic E-state index is 12.8. The number of hydrogen-bond acceptors (Lipinski definition) is 3. The molecular weight excluding hydrogens is 336 g/mol. The fourth-order valence-corrected chi connectivity index (χ4v) is 3.76. The van der Waals surface area contributed by atoms with E-state index in [0.717, 1.165) is 16.3 Å². The number of carbonyl (C=O) groups excluding carboxylic acids is 1. The van der Waals surface area contributed by atoms with E-state index in [1.807, 2.05) is 12.1 Å². The summed E-state index contributed by atoms with van der Waals surface area (Å²) in [5.41, 5.74) is 2.17. The number of fused-ring (bicyclic) bond motifs is 2. The van der Waals surface area contributed by atoms with Gasteiger partial charge in [-0.2, -0.15) is 8.42 Å². The van der Waals surface area contributed by atoms with Gasteiger partial charge in [0.2, 0.25) is 0 Å². The minimum Gasteiger partial charge on any atom is -0.289 e. The fraction of sp³-hybridized carbons (Fsp3) is 0. The molecule has 0 aliphatic heterocycles. The van der Waals surface area contributed by atoms with Crippen LogP contribution in [0.25, 0.3) is 21.9 Å². The van der Waals surface area contributed by atoms with Crippen LogP contribution in [0.3, 0.4) is 0 Å². The second kappa shape index (κ2) is 4.64. The Morgan fingerprint density at radius 1 is 0.870 bits per heavy atom. The van der Waals surface area contributed by atoms with E-state index in [-0.39, 0.29) is 16.2 Å². The van der Waals surface area contributed by atoms with Gasteiger partial charge in [-0.05, 0) is 29.3 Å². The van der Waals surface area contributed by atoms with Crippen LogP contribution in [0.1, 0.15) is 15.9 Å². The van der Waals surface area contributed by atoms with Crippen molar-refractivity contribution in [2.45, 2.75) is 4.90 Å². The summed E-state index contributed by atoms with van der Waals surface area (Å²) < 4.78 is 31.9. The molecule has 3 aromatic rings. The smallest absolute Gasteiger partial charge is 0.289 e. The molecule has 114 valence electrons. The predicted molar refractivity (Wildman–Crippen MR) is 87.6 cm³/mol. The van der Waals surface area contributed by atoms with Gasteiger partial charge in [-0.1, -0.05) is 41.9 Å². The van der Waals surface area contributed by atoms with E-state index in [4.69, 9.17) is 11.6 Å². The average molecular weight is 345 g/mol. The topological polar surface area (TPSA) is 71.4 Å². The van der Waals surface area contributed by atoms with E-state index >= 15 is 0 Å². The van der Waals surface area contributed by atoms with Crippen LogP contribution < -0.4 is 0 Å². The van der Waals surface area contributed by atoms with Crippen molar-refractivity contribution in [1.82, 2.24) is 0 Å². The van der Waals surface area contributed by atoms with Crippen LogP contribution in [0.15, 0.2) is 53.4 Å². The highest BCUT2D eigenvalue weighted by molar-refractivity contribution is 7.85. The van der Waals surface area contributed by atoms with E-state index in [2.05, 4.69) is 0 Å². The molecule has 0 saturated carbocycles. The second-order valence-corrected chi connectivity index (χ2v) is 7.16. The number of rotatable bonds is 1. The zero-order valence-electron chi connectivity index (χ0n) is 11.6. The van der Waals surface area contributed by atoms with Gasteiger partial charge in [-0.3, -0.25) is 9.35 Å². The van der Waals surface area contributed by atoms with Crippen LogP contribution in [-0.2, 0) is 10.1 Å². The summed E-state index contributed by atoms with van der Waals surface area (Å²) in [5.74, 6) is -0.286. The first-order valence-electron chi connectivity index (χ1n) is 6.76. The Balaban J connectivity index is 2.15. The zero-order chi connectivity index (χ0) is 16.4. The summed E-state index contributed by atoms with van der Waals surface area (Å²) in [5, 5.41) is 2.09. The molecule has 6 heteroatoms. The first-order chi connectivity index (χ1) is 10.9. The van der Waals surface area contributed by atoms with Gasteiger partial charge in [0.25, 0.3) is 10.1 Å². The summed E-state index contributed by atoms with van der Waals surface area (Å²) in [6.45, 7) is 0. The van der Waals surface area contributed by atoms with Gasteiger partial charge < -0.3 is 0 Å². The molecular formula is C17H9ClO4S. The minimum atomic E-state index is -4.37. The third kappa shape index (κ3) is 2.01. The largest absolute Gasteiger partial charge is 0.294 e. The van der Waals surface area contributed by atoms with E-state index in [0.29, 0.717) is 16.1 Å². The van der Waals surface area contributed by atoms with Gasteiger partial charge in [-0.25, -0.2) is 0 Å². The fourth-order valence-electron chi connectivity index (χ4n) is 3.04. The van der Waals surface area contributed by atoms with E-state index in [9.17, 15) is 17.8 Å². The molecule has 0 radical (unpaired) electrons. The van der Waals surface area contributed by atoms with Crippen molar-refractivity contribution in [1.29, 1.82) is 0 Å². The van der Waals surface area contributed by atoms with Crippen LogP contribution in [0.5, 0.6) is 0 Å². The molecule has 1 aliphatic carbocycles. The third-order valence-electron chi connectivity index (χ3n) is 4.06. The summed E-state index contributed by atoms with van der Waals surface area (Å²) in [4.78, 5) is 12.5. The monoisotopic (exact) mass is 344 g/mol. The Bertz CT molecular complexity index is 1120. The molecule has 1 N–H and O–H groups in total. The first-order valence-corrected chi connectivity index (χ1v) is 8.57. The molecule has 0 fully saturated rings. The van der Waals surface area contributed by atoms with Gasteiger partial charge >= 0.3 is 0 Å². The normalized spacial score (nSPS) is 13.2. The minimum absolute atomic E-state index is 0.252. The van der Waals surface area contributed by atoms with Gasteiger partial charge in [0, 0.05) is 26.9 Å². The van der Waals surface area contributed by atoms with Crippen LogP contribution in [-0.4, -0.2) is 18.8 Å². The number of carbonyl (C=O) groups is 1. The Morgan fingerprint density at radius 3 is 2.35 bits per heavy atom. The summed E-state index contributed by atoms with van der Waals surface area (Å²) in [6.07, 6.45) is 0. The number of hydrogen-bond donors (Lipinski definition) is 1. The lowest BCUT2D eigenvalue weighted by atomic mass is 9.83. The first kappa shape index (κ1) is 14.4. The Morgan fingerprint density at radius 2 is 1.61 bits per heavy atom. The second-order valence-electron chi connectivity index (χ2n) is 5.33. The van der Waals surface area contributed by atoms with Crippen LogP contribution in [0.4, 0.5) is 0 Å². The Kier molecular flexibility index (Phi) is 2.90. The average Bonchev–Trinajstić information content (AvgIpc) is 2.52. The molecule has 0 unspecified atom stereocenters. The number of benzene rings is 3. The highest BCUT2D eigenvalue weighted by atomic mass is 35.5. The molecule has 0 spiro atoms. The van der Waals surface area contributed by atoms with Crippen LogP contribution >= 0.6 is 11.6 Å². The summed E-state index contributed by atoms with van der Waals surface area (Å²) in [7, 11) is -4.37.